The first-order chi connectivity index (χ1) is 5.97. The van der Waals surface area contributed by atoms with Crippen LogP contribution in [0.15, 0.2) is 45.4 Å². The molecule has 0 fully saturated rings. The van der Waals surface area contributed by atoms with Gasteiger partial charge in [-0.3, -0.25) is 0 Å². The van der Waals surface area contributed by atoms with Gasteiger partial charge in [-0.1, -0.05) is 23.5 Å². The zero-order chi connectivity index (χ0) is 8.23. The Kier molecular flexibility index (Phi) is 2.48. The highest BCUT2D eigenvalue weighted by atomic mass is 32.2. The minimum Gasteiger partial charge on any atom is -0.366 e. The van der Waals surface area contributed by atoms with E-state index in [1.807, 2.05) is 35.6 Å². The maximum absolute atomic E-state index is 3.06. The van der Waals surface area contributed by atoms with Gasteiger partial charge in [0.15, 0.2) is 0 Å². The van der Waals surface area contributed by atoms with E-state index in [-0.39, 0.29) is 0 Å². The Labute approximate surface area is 79.9 Å². The third-order valence-electron chi connectivity index (χ3n) is 1.39. The molecule has 62 valence electrons. The maximum atomic E-state index is 3.06. The van der Waals surface area contributed by atoms with Gasteiger partial charge in [0, 0.05) is 34.6 Å². The van der Waals surface area contributed by atoms with Crippen LogP contribution in [0.4, 0.5) is 0 Å². The lowest BCUT2D eigenvalue weighted by atomic mass is 10.5. The molecule has 0 aromatic rings. The number of hydrogen-bond acceptors (Lipinski definition) is 4. The number of rotatable bonds is 1. The SMILES string of the molecule is C1=CSC(C2=CNC=CS2)=CN1. The van der Waals surface area contributed by atoms with Crippen molar-refractivity contribution in [2.45, 2.75) is 0 Å². The summed E-state index contributed by atoms with van der Waals surface area (Å²) in [6, 6.07) is 0. The highest BCUT2D eigenvalue weighted by Gasteiger charge is 2.07. The number of hydrogen-bond donors (Lipinski definition) is 2. The molecule has 2 nitrogen and oxygen atoms in total. The van der Waals surface area contributed by atoms with E-state index >= 15 is 0 Å². The lowest BCUT2D eigenvalue weighted by Gasteiger charge is -2.12. The smallest absolute Gasteiger partial charge is 0.0431 e. The van der Waals surface area contributed by atoms with E-state index in [0.29, 0.717) is 0 Å². The molecule has 0 saturated carbocycles. The molecule has 0 bridgehead atoms. The van der Waals surface area contributed by atoms with Crippen molar-refractivity contribution in [3.8, 4) is 0 Å². The summed E-state index contributed by atoms with van der Waals surface area (Å²) in [7, 11) is 0. The molecule has 2 heterocycles. The summed E-state index contributed by atoms with van der Waals surface area (Å²) in [5.74, 6) is 0. The molecule has 0 unspecified atom stereocenters. The normalized spacial score (nSPS) is 20.7. The largest absolute Gasteiger partial charge is 0.366 e. The molecule has 0 aromatic heterocycles. The number of thioether (sulfide) groups is 2. The second-order valence-corrected chi connectivity index (χ2v) is 4.09. The highest BCUT2D eigenvalue weighted by Crippen LogP contribution is 2.34. The molecule has 2 aliphatic rings. The fraction of sp³-hybridized carbons (Fsp3) is 0. The van der Waals surface area contributed by atoms with E-state index in [4.69, 9.17) is 0 Å². The topological polar surface area (TPSA) is 24.1 Å². The van der Waals surface area contributed by atoms with E-state index in [0.717, 1.165) is 0 Å². The molecule has 0 amide bonds. The first kappa shape index (κ1) is 7.89. The molecular weight excluding hydrogens is 188 g/mol. The summed E-state index contributed by atoms with van der Waals surface area (Å²) in [5.41, 5.74) is 0. The van der Waals surface area contributed by atoms with Gasteiger partial charge >= 0.3 is 0 Å². The van der Waals surface area contributed by atoms with Gasteiger partial charge in [-0.25, -0.2) is 0 Å². The van der Waals surface area contributed by atoms with Crippen molar-refractivity contribution in [3.63, 3.8) is 0 Å². The summed E-state index contributed by atoms with van der Waals surface area (Å²) in [4.78, 5) is 2.50. The van der Waals surface area contributed by atoms with Crippen molar-refractivity contribution in [2.24, 2.45) is 0 Å². The van der Waals surface area contributed by atoms with E-state index in [1.54, 1.807) is 23.5 Å². The Morgan fingerprint density at radius 1 is 0.833 bits per heavy atom. The van der Waals surface area contributed by atoms with Crippen molar-refractivity contribution in [2.75, 3.05) is 0 Å². The van der Waals surface area contributed by atoms with Crippen LogP contribution in [0.25, 0.3) is 0 Å². The third-order valence-corrected chi connectivity index (χ3v) is 3.25. The highest BCUT2D eigenvalue weighted by molar-refractivity contribution is 8.11. The Bertz CT molecular complexity index is 259. The summed E-state index contributed by atoms with van der Waals surface area (Å²) in [6.07, 6.45) is 7.85. The fourth-order valence-electron chi connectivity index (χ4n) is 0.867. The Hall–Kier alpha value is -0.740. The molecule has 12 heavy (non-hydrogen) atoms. The van der Waals surface area contributed by atoms with Gasteiger partial charge in [-0.05, 0) is 10.8 Å². The van der Waals surface area contributed by atoms with Crippen LogP contribution >= 0.6 is 23.5 Å². The average Bonchev–Trinajstić information content (AvgIpc) is 2.21. The van der Waals surface area contributed by atoms with Crippen molar-refractivity contribution < 1.29 is 0 Å². The molecule has 2 N–H and O–H groups in total. The molecule has 2 aliphatic heterocycles. The predicted octanol–water partition coefficient (Wildman–Crippen LogP) is 2.28. The van der Waals surface area contributed by atoms with Crippen molar-refractivity contribution in [1.29, 1.82) is 0 Å². The Morgan fingerprint density at radius 2 is 1.33 bits per heavy atom. The monoisotopic (exact) mass is 196 g/mol. The zero-order valence-corrected chi connectivity index (χ0v) is 7.91. The van der Waals surface area contributed by atoms with Gasteiger partial charge in [0.05, 0.1) is 0 Å². The lowest BCUT2D eigenvalue weighted by molar-refractivity contribution is 1.17. The first-order valence-electron chi connectivity index (χ1n) is 3.53. The minimum atomic E-state index is 1.25. The molecule has 0 saturated heterocycles. The van der Waals surface area contributed by atoms with Crippen LogP contribution in [0, 0.1) is 0 Å². The van der Waals surface area contributed by atoms with Gasteiger partial charge in [-0.2, -0.15) is 0 Å². The minimum absolute atomic E-state index is 1.25. The van der Waals surface area contributed by atoms with E-state index < -0.39 is 0 Å². The molecule has 0 atom stereocenters. The van der Waals surface area contributed by atoms with E-state index in [9.17, 15) is 0 Å². The van der Waals surface area contributed by atoms with Gasteiger partial charge in [0.25, 0.3) is 0 Å². The Balaban J connectivity index is 2.08. The van der Waals surface area contributed by atoms with Crippen molar-refractivity contribution >= 4 is 23.5 Å². The maximum Gasteiger partial charge on any atom is 0.0431 e. The third kappa shape index (κ3) is 1.70. The van der Waals surface area contributed by atoms with Crippen LogP contribution in [-0.2, 0) is 0 Å². The van der Waals surface area contributed by atoms with Gasteiger partial charge in [-0.15, -0.1) is 0 Å². The average molecular weight is 196 g/mol. The van der Waals surface area contributed by atoms with Crippen molar-refractivity contribution in [1.82, 2.24) is 10.6 Å². The summed E-state index contributed by atoms with van der Waals surface area (Å²) in [6.45, 7) is 0. The van der Waals surface area contributed by atoms with Gasteiger partial charge in [0.2, 0.25) is 0 Å². The Morgan fingerprint density at radius 3 is 1.67 bits per heavy atom. The molecule has 2 rings (SSSR count). The van der Waals surface area contributed by atoms with Crippen LogP contribution in [0.3, 0.4) is 0 Å². The van der Waals surface area contributed by atoms with Crippen molar-refractivity contribution in [3.05, 3.63) is 45.4 Å². The summed E-state index contributed by atoms with van der Waals surface area (Å²) in [5, 5.41) is 10.2. The van der Waals surface area contributed by atoms with Crippen LogP contribution in [0.5, 0.6) is 0 Å². The standard InChI is InChI=1S/C8H8N2S2/c1-3-11-7(5-9-1)8-6-10-2-4-12-8/h1-6,9-10H. The molecule has 0 aromatic carbocycles. The quantitative estimate of drug-likeness (QED) is 0.672. The molecule has 4 heteroatoms. The first-order valence-corrected chi connectivity index (χ1v) is 5.29. The van der Waals surface area contributed by atoms with Crippen LogP contribution in [-0.4, -0.2) is 0 Å². The lowest BCUT2D eigenvalue weighted by Crippen LogP contribution is -2.02. The molecule has 0 radical (unpaired) electrons. The van der Waals surface area contributed by atoms with Crippen LogP contribution < -0.4 is 10.6 Å². The second kappa shape index (κ2) is 3.78. The van der Waals surface area contributed by atoms with Gasteiger partial charge < -0.3 is 10.6 Å². The van der Waals surface area contributed by atoms with Gasteiger partial charge in [0.1, 0.15) is 0 Å². The predicted molar refractivity (Wildman–Crippen MR) is 55.9 cm³/mol. The number of nitrogens with one attached hydrogen (secondary N) is 2. The molecular formula is C8H8N2S2. The van der Waals surface area contributed by atoms with Crippen LogP contribution in [0.1, 0.15) is 0 Å². The molecule has 0 spiro atoms. The van der Waals surface area contributed by atoms with Crippen LogP contribution in [0.2, 0.25) is 0 Å². The molecule has 0 aliphatic carbocycles. The second-order valence-electron chi connectivity index (χ2n) is 2.19. The zero-order valence-electron chi connectivity index (χ0n) is 6.28. The summed E-state index contributed by atoms with van der Waals surface area (Å²) >= 11 is 3.45. The summed E-state index contributed by atoms with van der Waals surface area (Å²) < 4.78 is 0. The van der Waals surface area contributed by atoms with E-state index in [1.165, 1.54) is 9.81 Å². The van der Waals surface area contributed by atoms with E-state index in [2.05, 4.69) is 10.6 Å². The fourth-order valence-corrected chi connectivity index (χ4v) is 2.36.